The lowest BCUT2D eigenvalue weighted by Gasteiger charge is -2.44. The molecule has 2 bridgehead atoms. The van der Waals surface area contributed by atoms with Gasteiger partial charge in [-0.3, -0.25) is 4.79 Å². The zero-order valence-electron chi connectivity index (χ0n) is 12.9. The minimum atomic E-state index is -0.0459. The fraction of sp³-hybridized carbons (Fsp3) is 0.412. The van der Waals surface area contributed by atoms with Crippen LogP contribution in [0.5, 0.6) is 0 Å². The third-order valence-corrected chi connectivity index (χ3v) is 5.91. The number of anilines is 1. The molecule has 0 saturated carbocycles. The van der Waals surface area contributed by atoms with E-state index in [4.69, 9.17) is 5.73 Å². The van der Waals surface area contributed by atoms with Crippen LogP contribution < -0.4 is 11.1 Å². The number of amides is 1. The van der Waals surface area contributed by atoms with E-state index in [0.717, 1.165) is 22.7 Å². The molecule has 1 atom stereocenters. The largest absolute Gasteiger partial charge is 0.399 e. The van der Waals surface area contributed by atoms with Crippen molar-refractivity contribution in [3.63, 3.8) is 0 Å². The molecular formula is C17H20N4OS. The van der Waals surface area contributed by atoms with Gasteiger partial charge in [-0.25, -0.2) is 4.98 Å². The Balaban J connectivity index is 1.46. The molecule has 3 fully saturated rings. The predicted octanol–water partition coefficient (Wildman–Crippen LogP) is 2.22. The summed E-state index contributed by atoms with van der Waals surface area (Å²) < 4.78 is 0. The Bertz CT molecular complexity index is 704. The number of nitrogen functional groups attached to an aromatic ring is 1. The van der Waals surface area contributed by atoms with Gasteiger partial charge in [-0.1, -0.05) is 12.1 Å². The van der Waals surface area contributed by atoms with E-state index in [2.05, 4.69) is 15.2 Å². The average molecular weight is 328 g/mol. The second-order valence-corrected chi connectivity index (χ2v) is 7.40. The molecule has 3 aliphatic rings. The highest BCUT2D eigenvalue weighted by molar-refractivity contribution is 7.16. The van der Waals surface area contributed by atoms with E-state index in [0.29, 0.717) is 10.9 Å². The van der Waals surface area contributed by atoms with Crippen LogP contribution in [0.3, 0.4) is 0 Å². The van der Waals surface area contributed by atoms with Gasteiger partial charge in [-0.15, -0.1) is 11.3 Å². The SMILES string of the molecule is Nc1ccc(-c2cnc(C(=O)N[C@H]3CN4CCC3CC4)s2)cc1. The number of nitrogens with two attached hydrogens (primary N) is 1. The Morgan fingerprint density at radius 3 is 2.65 bits per heavy atom. The van der Waals surface area contributed by atoms with Gasteiger partial charge >= 0.3 is 0 Å². The maximum absolute atomic E-state index is 12.5. The molecule has 120 valence electrons. The Labute approximate surface area is 139 Å². The second-order valence-electron chi connectivity index (χ2n) is 6.37. The smallest absolute Gasteiger partial charge is 0.280 e. The first kappa shape index (κ1) is 14.7. The molecule has 23 heavy (non-hydrogen) atoms. The van der Waals surface area contributed by atoms with Gasteiger partial charge in [0, 0.05) is 24.5 Å². The Hall–Kier alpha value is -1.92. The number of hydrogen-bond donors (Lipinski definition) is 2. The molecule has 1 aromatic heterocycles. The maximum Gasteiger partial charge on any atom is 0.280 e. The van der Waals surface area contributed by atoms with Crippen LogP contribution in [0.4, 0.5) is 5.69 Å². The number of piperidine rings is 3. The highest BCUT2D eigenvalue weighted by Gasteiger charge is 2.35. The van der Waals surface area contributed by atoms with E-state index in [1.807, 2.05) is 24.3 Å². The molecule has 6 heteroatoms. The Morgan fingerprint density at radius 1 is 1.26 bits per heavy atom. The van der Waals surface area contributed by atoms with Crippen molar-refractivity contribution in [2.75, 3.05) is 25.4 Å². The summed E-state index contributed by atoms with van der Waals surface area (Å²) in [5, 5.41) is 3.72. The Morgan fingerprint density at radius 2 is 2.00 bits per heavy atom. The van der Waals surface area contributed by atoms with Gasteiger partial charge in [0.15, 0.2) is 5.01 Å². The van der Waals surface area contributed by atoms with Crippen molar-refractivity contribution in [2.24, 2.45) is 5.92 Å². The molecule has 0 spiro atoms. The number of benzene rings is 1. The third-order valence-electron chi connectivity index (χ3n) is 4.87. The number of aromatic nitrogens is 1. The Kier molecular flexibility index (Phi) is 3.79. The summed E-state index contributed by atoms with van der Waals surface area (Å²) >= 11 is 1.43. The lowest BCUT2D eigenvalue weighted by Crippen LogP contribution is -2.57. The zero-order valence-corrected chi connectivity index (χ0v) is 13.7. The molecule has 4 heterocycles. The summed E-state index contributed by atoms with van der Waals surface area (Å²) in [4.78, 5) is 20.2. The fourth-order valence-electron chi connectivity index (χ4n) is 3.52. The average Bonchev–Trinajstić information content (AvgIpc) is 3.07. The van der Waals surface area contributed by atoms with Crippen molar-refractivity contribution in [3.05, 3.63) is 35.5 Å². The van der Waals surface area contributed by atoms with Gasteiger partial charge in [0.25, 0.3) is 5.91 Å². The minimum absolute atomic E-state index is 0.0459. The first-order chi connectivity index (χ1) is 11.2. The molecule has 2 aromatic rings. The number of thiazole rings is 1. The van der Waals surface area contributed by atoms with E-state index in [-0.39, 0.29) is 11.9 Å². The summed E-state index contributed by atoms with van der Waals surface area (Å²) in [5.74, 6) is 0.580. The standard InChI is InChI=1S/C17H20N4OS/c18-13-3-1-12(2-4-13)15-9-19-17(23-15)16(22)20-14-10-21-7-5-11(14)6-8-21/h1-4,9,11,14H,5-8,10,18H2,(H,20,22)/t14-/m0/s1. The topological polar surface area (TPSA) is 71.2 Å². The van der Waals surface area contributed by atoms with Crippen molar-refractivity contribution < 1.29 is 4.79 Å². The number of carbonyl (C=O) groups is 1. The van der Waals surface area contributed by atoms with E-state index >= 15 is 0 Å². The second kappa shape index (κ2) is 5.94. The molecule has 3 aliphatic heterocycles. The molecule has 1 aromatic carbocycles. The van der Waals surface area contributed by atoms with Gasteiger partial charge < -0.3 is 16.0 Å². The summed E-state index contributed by atoms with van der Waals surface area (Å²) in [6.07, 6.45) is 4.15. The number of nitrogens with one attached hydrogen (secondary N) is 1. The van der Waals surface area contributed by atoms with Crippen molar-refractivity contribution in [2.45, 2.75) is 18.9 Å². The highest BCUT2D eigenvalue weighted by atomic mass is 32.1. The normalized spacial score (nSPS) is 26.2. The van der Waals surface area contributed by atoms with Crippen LogP contribution >= 0.6 is 11.3 Å². The summed E-state index contributed by atoms with van der Waals surface area (Å²) in [6, 6.07) is 7.91. The highest BCUT2D eigenvalue weighted by Crippen LogP contribution is 2.29. The maximum atomic E-state index is 12.5. The van der Waals surface area contributed by atoms with Gasteiger partial charge in [0.1, 0.15) is 0 Å². The zero-order chi connectivity index (χ0) is 15.8. The molecular weight excluding hydrogens is 308 g/mol. The minimum Gasteiger partial charge on any atom is -0.399 e. The molecule has 0 aliphatic carbocycles. The lowest BCUT2D eigenvalue weighted by molar-refractivity contribution is 0.0620. The van der Waals surface area contributed by atoms with Gasteiger partial charge in [-0.2, -0.15) is 0 Å². The van der Waals surface area contributed by atoms with Crippen LogP contribution in [-0.2, 0) is 0 Å². The van der Waals surface area contributed by atoms with Crippen LogP contribution in [0.1, 0.15) is 22.6 Å². The number of rotatable bonds is 3. The molecule has 1 amide bonds. The van der Waals surface area contributed by atoms with Crippen molar-refractivity contribution in [1.29, 1.82) is 0 Å². The summed E-state index contributed by atoms with van der Waals surface area (Å²) in [6.45, 7) is 3.33. The first-order valence-corrected chi connectivity index (χ1v) is 8.85. The number of fused-ring (bicyclic) bond motifs is 3. The van der Waals surface area contributed by atoms with E-state index in [1.165, 1.54) is 37.3 Å². The van der Waals surface area contributed by atoms with Crippen LogP contribution in [0, 0.1) is 5.92 Å². The number of carbonyl (C=O) groups excluding carboxylic acids is 1. The van der Waals surface area contributed by atoms with Crippen molar-refractivity contribution >= 4 is 22.9 Å². The van der Waals surface area contributed by atoms with Crippen LogP contribution in [0.15, 0.2) is 30.5 Å². The summed E-state index contributed by atoms with van der Waals surface area (Å²) in [5.41, 5.74) is 7.49. The molecule has 0 radical (unpaired) electrons. The van der Waals surface area contributed by atoms with Crippen LogP contribution in [-0.4, -0.2) is 41.5 Å². The van der Waals surface area contributed by atoms with Crippen molar-refractivity contribution in [1.82, 2.24) is 15.2 Å². The van der Waals surface area contributed by atoms with E-state index in [9.17, 15) is 4.79 Å². The predicted molar refractivity (Wildman–Crippen MR) is 92.4 cm³/mol. The lowest BCUT2D eigenvalue weighted by atomic mass is 9.84. The number of hydrogen-bond acceptors (Lipinski definition) is 5. The monoisotopic (exact) mass is 328 g/mol. The molecule has 5 rings (SSSR count). The first-order valence-electron chi connectivity index (χ1n) is 8.04. The third kappa shape index (κ3) is 2.96. The van der Waals surface area contributed by atoms with Crippen LogP contribution in [0.25, 0.3) is 10.4 Å². The fourth-order valence-corrected chi connectivity index (χ4v) is 4.34. The molecule has 3 N–H and O–H groups in total. The van der Waals surface area contributed by atoms with E-state index < -0.39 is 0 Å². The van der Waals surface area contributed by atoms with Gasteiger partial charge in [-0.05, 0) is 49.5 Å². The van der Waals surface area contributed by atoms with Crippen molar-refractivity contribution in [3.8, 4) is 10.4 Å². The molecule has 3 saturated heterocycles. The molecule has 5 nitrogen and oxygen atoms in total. The quantitative estimate of drug-likeness (QED) is 0.848. The van der Waals surface area contributed by atoms with Crippen LogP contribution in [0.2, 0.25) is 0 Å². The number of nitrogens with zero attached hydrogens (tertiary/aromatic N) is 2. The van der Waals surface area contributed by atoms with E-state index in [1.54, 1.807) is 6.20 Å². The molecule has 0 unspecified atom stereocenters. The summed E-state index contributed by atoms with van der Waals surface area (Å²) in [7, 11) is 0. The van der Waals surface area contributed by atoms with Gasteiger partial charge in [0.2, 0.25) is 0 Å². The van der Waals surface area contributed by atoms with Gasteiger partial charge in [0.05, 0.1) is 4.88 Å².